The summed E-state index contributed by atoms with van der Waals surface area (Å²) in [5, 5.41) is 4.98. The number of fused-ring (bicyclic) bond motifs is 2. The molecule has 2 nitrogen and oxygen atoms in total. The zero-order valence-corrected chi connectivity index (χ0v) is 14.7. The topological polar surface area (TPSA) is 26.3 Å². The zero-order valence-electron chi connectivity index (χ0n) is 13.9. The molecule has 1 aliphatic heterocycles. The van der Waals surface area contributed by atoms with Gasteiger partial charge in [-0.3, -0.25) is 4.79 Å². The molecular formula is C21H20O2S. The summed E-state index contributed by atoms with van der Waals surface area (Å²) >= 11 is 1.70. The van der Waals surface area contributed by atoms with E-state index in [9.17, 15) is 4.79 Å². The van der Waals surface area contributed by atoms with E-state index >= 15 is 0 Å². The molecule has 24 heavy (non-hydrogen) atoms. The number of esters is 1. The quantitative estimate of drug-likeness (QED) is 0.478. The molecule has 0 bridgehead atoms. The van der Waals surface area contributed by atoms with Crippen LogP contribution in [0.3, 0.4) is 0 Å². The molecule has 0 spiro atoms. The SMILES string of the molecule is CC1(C)CC(SCc2c3ccccc3cc3ccccc23)C(=O)O1. The fourth-order valence-corrected chi connectivity index (χ4v) is 4.87. The fourth-order valence-electron chi connectivity index (χ4n) is 3.48. The predicted molar refractivity (Wildman–Crippen MR) is 101 cm³/mol. The van der Waals surface area contributed by atoms with Crippen molar-refractivity contribution in [2.45, 2.75) is 36.9 Å². The van der Waals surface area contributed by atoms with Gasteiger partial charge in [-0.1, -0.05) is 48.5 Å². The number of rotatable bonds is 3. The van der Waals surface area contributed by atoms with Gasteiger partial charge in [0.2, 0.25) is 0 Å². The molecule has 3 aromatic carbocycles. The lowest BCUT2D eigenvalue weighted by Gasteiger charge is -2.15. The molecular weight excluding hydrogens is 316 g/mol. The van der Waals surface area contributed by atoms with E-state index in [2.05, 4.69) is 54.6 Å². The number of hydrogen-bond donors (Lipinski definition) is 0. The van der Waals surface area contributed by atoms with Crippen molar-refractivity contribution in [1.82, 2.24) is 0 Å². The molecule has 1 aliphatic rings. The molecule has 0 radical (unpaired) electrons. The van der Waals surface area contributed by atoms with Gasteiger partial charge in [0.05, 0.1) is 0 Å². The average molecular weight is 336 g/mol. The molecule has 3 aromatic rings. The van der Waals surface area contributed by atoms with E-state index in [1.54, 1.807) is 11.8 Å². The van der Waals surface area contributed by atoms with Crippen LogP contribution in [-0.2, 0) is 15.3 Å². The second kappa shape index (κ2) is 5.82. The van der Waals surface area contributed by atoms with Crippen LogP contribution >= 0.6 is 11.8 Å². The van der Waals surface area contributed by atoms with Crippen molar-refractivity contribution in [3.63, 3.8) is 0 Å². The Balaban J connectivity index is 1.73. The van der Waals surface area contributed by atoms with Crippen molar-refractivity contribution < 1.29 is 9.53 Å². The Hall–Kier alpha value is -2.00. The molecule has 4 rings (SSSR count). The maximum absolute atomic E-state index is 12.1. The Morgan fingerprint density at radius 2 is 1.62 bits per heavy atom. The maximum atomic E-state index is 12.1. The molecule has 0 amide bonds. The number of cyclic esters (lactones) is 1. The highest BCUT2D eigenvalue weighted by Crippen LogP contribution is 2.37. The van der Waals surface area contributed by atoms with E-state index in [-0.39, 0.29) is 16.8 Å². The molecule has 0 aromatic heterocycles. The summed E-state index contributed by atoms with van der Waals surface area (Å²) < 4.78 is 5.46. The highest BCUT2D eigenvalue weighted by molar-refractivity contribution is 7.99. The van der Waals surface area contributed by atoms with Crippen LogP contribution in [0.1, 0.15) is 25.8 Å². The van der Waals surface area contributed by atoms with E-state index in [4.69, 9.17) is 4.74 Å². The minimum Gasteiger partial charge on any atom is -0.459 e. The Morgan fingerprint density at radius 3 is 2.17 bits per heavy atom. The molecule has 1 atom stereocenters. The summed E-state index contributed by atoms with van der Waals surface area (Å²) in [6, 6.07) is 19.2. The average Bonchev–Trinajstić information content (AvgIpc) is 2.83. The summed E-state index contributed by atoms with van der Waals surface area (Å²) in [5.41, 5.74) is 0.974. The molecule has 1 heterocycles. The molecule has 1 unspecified atom stereocenters. The van der Waals surface area contributed by atoms with E-state index < -0.39 is 0 Å². The third-order valence-corrected chi connectivity index (χ3v) is 5.85. The molecule has 3 heteroatoms. The number of benzene rings is 3. The van der Waals surface area contributed by atoms with Crippen molar-refractivity contribution in [1.29, 1.82) is 0 Å². The highest BCUT2D eigenvalue weighted by Gasteiger charge is 2.40. The summed E-state index contributed by atoms with van der Waals surface area (Å²) in [6.07, 6.45) is 0.777. The molecule has 0 aliphatic carbocycles. The predicted octanol–water partition coefficient (Wildman–Crippen LogP) is 5.32. The third-order valence-electron chi connectivity index (χ3n) is 4.63. The second-order valence-electron chi connectivity index (χ2n) is 6.98. The minimum atomic E-state index is -0.338. The number of carbonyl (C=O) groups is 1. The minimum absolute atomic E-state index is 0.0715. The van der Waals surface area contributed by atoms with Crippen LogP contribution in [0, 0.1) is 0 Å². The third kappa shape index (κ3) is 2.78. The zero-order chi connectivity index (χ0) is 16.7. The van der Waals surface area contributed by atoms with Crippen molar-refractivity contribution in [2.75, 3.05) is 0 Å². The molecule has 0 saturated carbocycles. The van der Waals surface area contributed by atoms with Crippen LogP contribution in [0.15, 0.2) is 54.6 Å². The first-order valence-corrected chi connectivity index (χ1v) is 9.32. The lowest BCUT2D eigenvalue weighted by atomic mass is 9.98. The Kier molecular flexibility index (Phi) is 3.76. The normalized spacial score (nSPS) is 19.8. The van der Waals surface area contributed by atoms with Crippen LogP contribution < -0.4 is 0 Å². The second-order valence-corrected chi connectivity index (χ2v) is 8.17. The van der Waals surface area contributed by atoms with Gasteiger partial charge in [0.25, 0.3) is 0 Å². The maximum Gasteiger partial charge on any atom is 0.319 e. The molecule has 0 N–H and O–H groups in total. The van der Waals surface area contributed by atoms with Crippen molar-refractivity contribution in [3.05, 3.63) is 60.2 Å². The van der Waals surface area contributed by atoms with Gasteiger partial charge in [-0.15, -0.1) is 11.8 Å². The standard InChI is InChI=1S/C21H20O2S/c1-21(2)12-19(20(22)23-21)24-13-18-16-9-5-3-7-14(16)11-15-8-4-6-10-17(15)18/h3-11,19H,12-13H2,1-2H3. The number of thioether (sulfide) groups is 1. The van der Waals surface area contributed by atoms with Crippen molar-refractivity contribution >= 4 is 39.3 Å². The summed E-state index contributed by atoms with van der Waals surface area (Å²) in [4.78, 5) is 12.1. The van der Waals surface area contributed by atoms with Crippen LogP contribution in [-0.4, -0.2) is 16.8 Å². The number of ether oxygens (including phenoxy) is 1. The van der Waals surface area contributed by atoms with Gasteiger partial charge < -0.3 is 4.74 Å². The van der Waals surface area contributed by atoms with Crippen LogP contribution in [0.25, 0.3) is 21.5 Å². The molecule has 1 fully saturated rings. The Bertz CT molecular complexity index is 875. The van der Waals surface area contributed by atoms with E-state index in [0.29, 0.717) is 0 Å². The van der Waals surface area contributed by atoms with Crippen LogP contribution in [0.4, 0.5) is 0 Å². The summed E-state index contributed by atoms with van der Waals surface area (Å²) in [5.74, 6) is 0.743. The summed E-state index contributed by atoms with van der Waals surface area (Å²) in [6.45, 7) is 3.97. The van der Waals surface area contributed by atoms with E-state index in [0.717, 1.165) is 12.2 Å². The first kappa shape index (κ1) is 15.5. The van der Waals surface area contributed by atoms with Crippen LogP contribution in [0.5, 0.6) is 0 Å². The first-order valence-electron chi connectivity index (χ1n) is 8.27. The molecule has 1 saturated heterocycles. The summed E-state index contributed by atoms with van der Waals surface area (Å²) in [7, 11) is 0. The fraction of sp³-hybridized carbons (Fsp3) is 0.286. The Morgan fingerprint density at radius 1 is 1.04 bits per heavy atom. The van der Waals surface area contributed by atoms with Gasteiger partial charge in [0, 0.05) is 12.2 Å². The number of hydrogen-bond acceptors (Lipinski definition) is 3. The van der Waals surface area contributed by atoms with Crippen LogP contribution in [0.2, 0.25) is 0 Å². The highest BCUT2D eigenvalue weighted by atomic mass is 32.2. The van der Waals surface area contributed by atoms with Crippen molar-refractivity contribution in [2.24, 2.45) is 0 Å². The van der Waals surface area contributed by atoms with Gasteiger partial charge in [-0.2, -0.15) is 0 Å². The Labute approximate surface area is 146 Å². The first-order chi connectivity index (χ1) is 11.5. The van der Waals surface area contributed by atoms with E-state index in [1.807, 2.05) is 13.8 Å². The van der Waals surface area contributed by atoms with Gasteiger partial charge in [-0.25, -0.2) is 0 Å². The lowest BCUT2D eigenvalue weighted by molar-refractivity contribution is -0.145. The van der Waals surface area contributed by atoms with E-state index in [1.165, 1.54) is 27.1 Å². The van der Waals surface area contributed by atoms with Crippen molar-refractivity contribution in [3.8, 4) is 0 Å². The molecule has 122 valence electrons. The monoisotopic (exact) mass is 336 g/mol. The van der Waals surface area contributed by atoms with Gasteiger partial charge in [-0.05, 0) is 47.0 Å². The smallest absolute Gasteiger partial charge is 0.319 e. The number of carbonyl (C=O) groups excluding carboxylic acids is 1. The lowest BCUT2D eigenvalue weighted by Crippen LogP contribution is -2.17. The van der Waals surface area contributed by atoms with Gasteiger partial charge in [0.15, 0.2) is 0 Å². The largest absolute Gasteiger partial charge is 0.459 e. The van der Waals surface area contributed by atoms with Gasteiger partial charge >= 0.3 is 5.97 Å². The van der Waals surface area contributed by atoms with Gasteiger partial charge in [0.1, 0.15) is 10.9 Å².